The van der Waals surface area contributed by atoms with Gasteiger partial charge in [0.05, 0.1) is 17.4 Å². The van der Waals surface area contributed by atoms with Crippen molar-refractivity contribution in [3.8, 4) is 0 Å². The van der Waals surface area contributed by atoms with E-state index in [1.165, 1.54) is 0 Å². The Morgan fingerprint density at radius 2 is 2.07 bits per heavy atom. The van der Waals surface area contributed by atoms with E-state index in [1.807, 2.05) is 44.2 Å². The molecule has 1 aliphatic rings. The van der Waals surface area contributed by atoms with E-state index in [-0.39, 0.29) is 24.1 Å². The zero-order valence-corrected chi connectivity index (χ0v) is 15.5. The van der Waals surface area contributed by atoms with Crippen LogP contribution in [0.3, 0.4) is 0 Å². The largest absolute Gasteiger partial charge is 0.338 e. The molecule has 0 atom stereocenters. The molecule has 3 heterocycles. The van der Waals surface area contributed by atoms with Crippen molar-refractivity contribution in [2.24, 2.45) is 0 Å². The van der Waals surface area contributed by atoms with E-state index in [2.05, 4.69) is 19.9 Å². The summed E-state index contributed by atoms with van der Waals surface area (Å²) in [5.41, 5.74) is 2.25. The lowest BCUT2D eigenvalue weighted by Crippen LogP contribution is -2.39. The predicted octanol–water partition coefficient (Wildman–Crippen LogP) is 1.88. The Morgan fingerprint density at radius 1 is 1.26 bits per heavy atom. The highest BCUT2D eigenvalue weighted by atomic mass is 16.2. The van der Waals surface area contributed by atoms with Crippen LogP contribution in [0.25, 0.3) is 10.9 Å². The minimum absolute atomic E-state index is 0.0258. The average molecular weight is 365 g/mol. The second kappa shape index (κ2) is 7.00. The third kappa shape index (κ3) is 3.26. The predicted molar refractivity (Wildman–Crippen MR) is 104 cm³/mol. The first-order valence-electron chi connectivity index (χ1n) is 9.22. The summed E-state index contributed by atoms with van der Waals surface area (Å²) in [4.78, 5) is 34.7. The van der Waals surface area contributed by atoms with Crippen molar-refractivity contribution >= 4 is 16.8 Å². The quantitative estimate of drug-likeness (QED) is 0.739. The van der Waals surface area contributed by atoms with Gasteiger partial charge in [0.15, 0.2) is 0 Å². The average Bonchev–Trinajstić information content (AvgIpc) is 3.09. The van der Waals surface area contributed by atoms with Gasteiger partial charge in [-0.05, 0) is 38.1 Å². The van der Waals surface area contributed by atoms with E-state index in [9.17, 15) is 9.59 Å². The number of para-hydroxylation sites is 1. The molecule has 4 rings (SSSR count). The van der Waals surface area contributed by atoms with Crippen molar-refractivity contribution in [3.63, 3.8) is 0 Å². The van der Waals surface area contributed by atoms with Crippen LogP contribution in [0.1, 0.15) is 35.9 Å². The maximum Gasteiger partial charge on any atom is 0.271 e. The summed E-state index contributed by atoms with van der Waals surface area (Å²) >= 11 is 0. The molecule has 0 saturated carbocycles. The Balaban J connectivity index is 1.67. The second-order valence-corrected chi connectivity index (χ2v) is 7.09. The number of nitrogens with zero attached hydrogens (tertiary/aromatic N) is 3. The highest BCUT2D eigenvalue weighted by Crippen LogP contribution is 2.17. The van der Waals surface area contributed by atoms with Crippen molar-refractivity contribution in [3.05, 3.63) is 64.0 Å². The summed E-state index contributed by atoms with van der Waals surface area (Å²) in [5, 5.41) is 3.87. The SMILES string of the molecule is CC(C)N(Cc1nc2ccccc2c(=O)[nH]1)C(=O)c1ccc2n1CCNC2. The zero-order valence-electron chi connectivity index (χ0n) is 15.5. The van der Waals surface area contributed by atoms with E-state index >= 15 is 0 Å². The van der Waals surface area contributed by atoms with Gasteiger partial charge in [0.25, 0.3) is 11.5 Å². The molecule has 0 saturated heterocycles. The van der Waals surface area contributed by atoms with Gasteiger partial charge in [-0.3, -0.25) is 9.59 Å². The number of benzene rings is 1. The zero-order chi connectivity index (χ0) is 19.0. The molecule has 2 aromatic heterocycles. The molecular formula is C20H23N5O2. The van der Waals surface area contributed by atoms with E-state index < -0.39 is 0 Å². The normalized spacial score (nSPS) is 13.7. The molecule has 3 aromatic rings. The molecule has 7 heteroatoms. The molecule has 1 aromatic carbocycles. The van der Waals surface area contributed by atoms with Crippen LogP contribution in [0.15, 0.2) is 41.2 Å². The third-order valence-corrected chi connectivity index (χ3v) is 4.97. The van der Waals surface area contributed by atoms with Crippen molar-refractivity contribution in [1.82, 2.24) is 24.8 Å². The molecule has 0 unspecified atom stereocenters. The van der Waals surface area contributed by atoms with Crippen LogP contribution in [-0.2, 0) is 19.6 Å². The topological polar surface area (TPSA) is 83.0 Å². The summed E-state index contributed by atoms with van der Waals surface area (Å²) in [6, 6.07) is 11.1. The van der Waals surface area contributed by atoms with Crippen LogP contribution in [0.5, 0.6) is 0 Å². The molecule has 7 nitrogen and oxygen atoms in total. The molecule has 2 N–H and O–H groups in total. The number of hydrogen-bond donors (Lipinski definition) is 2. The van der Waals surface area contributed by atoms with Crippen LogP contribution in [-0.4, -0.2) is 37.9 Å². The highest BCUT2D eigenvalue weighted by molar-refractivity contribution is 5.93. The maximum atomic E-state index is 13.2. The monoisotopic (exact) mass is 365 g/mol. The number of H-pyrrole nitrogens is 1. The van der Waals surface area contributed by atoms with Crippen molar-refractivity contribution in [2.45, 2.75) is 39.5 Å². The third-order valence-electron chi connectivity index (χ3n) is 4.97. The van der Waals surface area contributed by atoms with Crippen molar-refractivity contribution in [2.75, 3.05) is 6.54 Å². The van der Waals surface area contributed by atoms with Gasteiger partial charge >= 0.3 is 0 Å². The molecule has 0 aliphatic carbocycles. The van der Waals surface area contributed by atoms with E-state index in [1.54, 1.807) is 11.0 Å². The maximum absolute atomic E-state index is 13.2. The molecule has 0 fully saturated rings. The van der Waals surface area contributed by atoms with Crippen molar-refractivity contribution in [1.29, 1.82) is 0 Å². The van der Waals surface area contributed by atoms with Crippen molar-refractivity contribution < 1.29 is 4.79 Å². The number of amides is 1. The Morgan fingerprint density at radius 3 is 2.89 bits per heavy atom. The number of aromatic nitrogens is 3. The van der Waals surface area contributed by atoms with Crippen LogP contribution in [0.4, 0.5) is 0 Å². The number of hydrogen-bond acceptors (Lipinski definition) is 4. The molecule has 0 radical (unpaired) electrons. The number of nitrogens with one attached hydrogen (secondary N) is 2. The molecule has 0 bridgehead atoms. The van der Waals surface area contributed by atoms with Gasteiger partial charge in [0.1, 0.15) is 11.5 Å². The summed E-state index contributed by atoms with van der Waals surface area (Å²) in [5.74, 6) is 0.446. The minimum Gasteiger partial charge on any atom is -0.338 e. The van der Waals surface area contributed by atoms with Crippen LogP contribution < -0.4 is 10.9 Å². The number of fused-ring (bicyclic) bond motifs is 2. The second-order valence-electron chi connectivity index (χ2n) is 7.09. The molecule has 1 amide bonds. The summed E-state index contributed by atoms with van der Waals surface area (Å²) < 4.78 is 2.07. The summed E-state index contributed by atoms with van der Waals surface area (Å²) in [6.45, 7) is 6.60. The van der Waals surface area contributed by atoms with Crippen LogP contribution in [0, 0.1) is 0 Å². The lowest BCUT2D eigenvalue weighted by molar-refractivity contribution is 0.0672. The molecule has 140 valence electrons. The Bertz CT molecular complexity index is 1050. The molecule has 0 spiro atoms. The number of carbonyl (C=O) groups excluding carboxylic acids is 1. The lowest BCUT2D eigenvalue weighted by atomic mass is 10.2. The first-order valence-corrected chi connectivity index (χ1v) is 9.22. The standard InChI is InChI=1S/C20H23N5O2/c1-13(2)25(20(27)17-8-7-14-11-21-9-10-24(14)17)12-18-22-16-6-4-3-5-15(16)19(26)23-18/h3-8,13,21H,9-12H2,1-2H3,(H,22,23,26). The van der Waals surface area contributed by atoms with Crippen LogP contribution in [0.2, 0.25) is 0 Å². The van der Waals surface area contributed by atoms with Gasteiger partial charge in [-0.1, -0.05) is 12.1 Å². The molecule has 1 aliphatic heterocycles. The minimum atomic E-state index is -0.183. The van der Waals surface area contributed by atoms with Crippen LogP contribution >= 0.6 is 0 Å². The van der Waals surface area contributed by atoms with Gasteiger partial charge in [-0.15, -0.1) is 0 Å². The number of rotatable bonds is 4. The Kier molecular flexibility index (Phi) is 4.53. The number of carbonyl (C=O) groups is 1. The fourth-order valence-corrected chi connectivity index (χ4v) is 3.53. The fourth-order valence-electron chi connectivity index (χ4n) is 3.53. The summed E-state index contributed by atoms with van der Waals surface area (Å²) in [6.07, 6.45) is 0. The highest BCUT2D eigenvalue weighted by Gasteiger charge is 2.25. The smallest absolute Gasteiger partial charge is 0.271 e. The van der Waals surface area contributed by atoms with E-state index in [0.717, 1.165) is 25.3 Å². The Labute approximate surface area is 157 Å². The first kappa shape index (κ1) is 17.5. The molecular weight excluding hydrogens is 342 g/mol. The van der Waals surface area contributed by atoms with Gasteiger partial charge in [0, 0.05) is 31.4 Å². The van der Waals surface area contributed by atoms with Gasteiger partial charge in [0.2, 0.25) is 0 Å². The Hall–Kier alpha value is -2.93. The first-order chi connectivity index (χ1) is 13.0. The van der Waals surface area contributed by atoms with Gasteiger partial charge in [-0.25, -0.2) is 4.98 Å². The van der Waals surface area contributed by atoms with Gasteiger partial charge < -0.3 is 19.8 Å². The van der Waals surface area contributed by atoms with Gasteiger partial charge in [-0.2, -0.15) is 0 Å². The number of aromatic amines is 1. The van der Waals surface area contributed by atoms with E-state index in [4.69, 9.17) is 0 Å². The summed E-state index contributed by atoms with van der Waals surface area (Å²) in [7, 11) is 0. The molecule has 27 heavy (non-hydrogen) atoms. The lowest BCUT2D eigenvalue weighted by Gasteiger charge is -2.28. The van der Waals surface area contributed by atoms with E-state index in [0.29, 0.717) is 22.4 Å². The fraction of sp³-hybridized carbons (Fsp3) is 0.350.